The number of amides is 1. The van der Waals surface area contributed by atoms with Crippen molar-refractivity contribution in [3.05, 3.63) is 52.2 Å². The highest BCUT2D eigenvalue weighted by Crippen LogP contribution is 2.34. The van der Waals surface area contributed by atoms with Gasteiger partial charge in [-0.2, -0.15) is 0 Å². The van der Waals surface area contributed by atoms with Crippen molar-refractivity contribution in [2.45, 2.75) is 31.4 Å². The Bertz CT molecular complexity index is 839. The van der Waals surface area contributed by atoms with Gasteiger partial charge in [0.05, 0.1) is 25.3 Å². The number of thiophene rings is 1. The van der Waals surface area contributed by atoms with Gasteiger partial charge in [-0.15, -0.1) is 11.3 Å². The average Bonchev–Trinajstić information content (AvgIpc) is 3.44. The van der Waals surface area contributed by atoms with Gasteiger partial charge in [-0.05, 0) is 54.3 Å². The molecule has 168 valence electrons. The highest BCUT2D eigenvalue weighted by Gasteiger charge is 2.34. The van der Waals surface area contributed by atoms with Gasteiger partial charge >= 0.3 is 0 Å². The van der Waals surface area contributed by atoms with Gasteiger partial charge in [0.25, 0.3) is 0 Å². The number of carbonyl (C=O) groups is 1. The van der Waals surface area contributed by atoms with Crippen molar-refractivity contribution in [2.24, 2.45) is 5.92 Å². The number of hydrogen-bond donors (Lipinski definition) is 1. The van der Waals surface area contributed by atoms with E-state index in [1.54, 1.807) is 18.4 Å². The molecule has 0 radical (unpaired) electrons. The van der Waals surface area contributed by atoms with E-state index in [1.807, 2.05) is 35.2 Å². The fourth-order valence-electron chi connectivity index (χ4n) is 4.26. The van der Waals surface area contributed by atoms with Gasteiger partial charge in [-0.25, -0.2) is 0 Å². The second kappa shape index (κ2) is 10.6. The number of aliphatic hydroxyl groups is 1. The van der Waals surface area contributed by atoms with Crippen LogP contribution in [0, 0.1) is 5.92 Å². The lowest BCUT2D eigenvalue weighted by atomic mass is 10.0. The zero-order chi connectivity index (χ0) is 21.6. The van der Waals surface area contributed by atoms with Gasteiger partial charge in [0.2, 0.25) is 5.91 Å². The van der Waals surface area contributed by atoms with Crippen molar-refractivity contribution in [2.75, 3.05) is 46.5 Å². The van der Waals surface area contributed by atoms with Crippen LogP contribution in [0.25, 0.3) is 0 Å². The van der Waals surface area contributed by atoms with Gasteiger partial charge < -0.3 is 19.5 Å². The van der Waals surface area contributed by atoms with Crippen LogP contribution in [0.4, 0.5) is 0 Å². The van der Waals surface area contributed by atoms with Crippen LogP contribution in [0.1, 0.15) is 29.3 Å². The molecule has 0 spiro atoms. The summed E-state index contributed by atoms with van der Waals surface area (Å²) >= 11 is 1.76. The lowest BCUT2D eigenvalue weighted by Crippen LogP contribution is -2.48. The molecule has 2 heterocycles. The van der Waals surface area contributed by atoms with E-state index in [4.69, 9.17) is 9.47 Å². The molecule has 2 atom stereocenters. The van der Waals surface area contributed by atoms with E-state index < -0.39 is 6.10 Å². The Hall–Kier alpha value is -1.93. The highest BCUT2D eigenvalue weighted by atomic mass is 32.1. The number of aliphatic hydroxyl groups excluding tert-OH is 1. The Balaban J connectivity index is 1.44. The predicted molar refractivity (Wildman–Crippen MR) is 121 cm³/mol. The molecule has 1 saturated carbocycles. The Labute approximate surface area is 188 Å². The van der Waals surface area contributed by atoms with Gasteiger partial charge in [0, 0.05) is 31.6 Å². The number of benzene rings is 1. The zero-order valence-corrected chi connectivity index (χ0v) is 18.9. The molecular weight excluding hydrogens is 412 g/mol. The molecule has 1 aliphatic carbocycles. The topological polar surface area (TPSA) is 62.2 Å². The van der Waals surface area contributed by atoms with E-state index in [9.17, 15) is 9.90 Å². The van der Waals surface area contributed by atoms with Crippen LogP contribution >= 0.6 is 11.3 Å². The SMILES string of the molecule is COC[C@@H](O)CN(CC(=O)N1CCc2sccc2[C@@H]1COc1ccccc1)CC1CC1. The molecule has 1 aromatic carbocycles. The molecule has 7 heteroatoms. The van der Waals surface area contributed by atoms with E-state index in [1.165, 1.54) is 23.3 Å². The van der Waals surface area contributed by atoms with E-state index >= 15 is 0 Å². The molecule has 1 aromatic heterocycles. The van der Waals surface area contributed by atoms with Crippen molar-refractivity contribution < 1.29 is 19.4 Å². The fraction of sp³-hybridized carbons (Fsp3) is 0.542. The summed E-state index contributed by atoms with van der Waals surface area (Å²) in [6.07, 6.45) is 2.72. The van der Waals surface area contributed by atoms with Gasteiger partial charge in [0.1, 0.15) is 12.4 Å². The van der Waals surface area contributed by atoms with Gasteiger partial charge in [-0.1, -0.05) is 18.2 Å². The first-order chi connectivity index (χ1) is 15.1. The summed E-state index contributed by atoms with van der Waals surface area (Å²) in [5, 5.41) is 12.3. The largest absolute Gasteiger partial charge is 0.491 e. The van der Waals surface area contributed by atoms with Crippen LogP contribution in [0.3, 0.4) is 0 Å². The smallest absolute Gasteiger partial charge is 0.237 e. The summed E-state index contributed by atoms with van der Waals surface area (Å²) in [7, 11) is 1.59. The second-order valence-electron chi connectivity index (χ2n) is 8.52. The third-order valence-electron chi connectivity index (χ3n) is 5.97. The number of fused-ring (bicyclic) bond motifs is 1. The Morgan fingerprint density at radius 1 is 1.29 bits per heavy atom. The van der Waals surface area contributed by atoms with E-state index in [2.05, 4.69) is 16.3 Å². The second-order valence-corrected chi connectivity index (χ2v) is 9.52. The zero-order valence-electron chi connectivity index (χ0n) is 18.1. The van der Waals surface area contributed by atoms with Crippen LogP contribution in [0.5, 0.6) is 5.75 Å². The monoisotopic (exact) mass is 444 g/mol. The van der Waals surface area contributed by atoms with E-state index in [0.29, 0.717) is 32.2 Å². The van der Waals surface area contributed by atoms with Gasteiger partial charge in [-0.3, -0.25) is 9.69 Å². The molecular formula is C24H32N2O4S. The third kappa shape index (κ3) is 6.07. The van der Waals surface area contributed by atoms with Crippen LogP contribution in [0.2, 0.25) is 0 Å². The molecule has 1 fully saturated rings. The third-order valence-corrected chi connectivity index (χ3v) is 6.96. The van der Waals surface area contributed by atoms with Gasteiger partial charge in [0.15, 0.2) is 0 Å². The lowest BCUT2D eigenvalue weighted by molar-refractivity contribution is -0.136. The first-order valence-corrected chi connectivity index (χ1v) is 11.9. The molecule has 6 nitrogen and oxygen atoms in total. The summed E-state index contributed by atoms with van der Waals surface area (Å²) < 4.78 is 11.1. The van der Waals surface area contributed by atoms with Crippen molar-refractivity contribution in [3.63, 3.8) is 0 Å². The molecule has 1 N–H and O–H groups in total. The average molecular weight is 445 g/mol. The minimum Gasteiger partial charge on any atom is -0.491 e. The Kier molecular flexibility index (Phi) is 7.61. The number of hydrogen-bond acceptors (Lipinski definition) is 6. The molecule has 4 rings (SSSR count). The van der Waals surface area contributed by atoms with Crippen LogP contribution in [-0.4, -0.2) is 73.4 Å². The molecule has 1 aliphatic heterocycles. The summed E-state index contributed by atoms with van der Waals surface area (Å²) in [5.74, 6) is 1.56. The highest BCUT2D eigenvalue weighted by molar-refractivity contribution is 7.10. The summed E-state index contributed by atoms with van der Waals surface area (Å²) in [5.41, 5.74) is 1.20. The standard InChI is InChI=1S/C24H32N2O4S/c1-29-16-19(27)14-25(13-18-7-8-18)15-24(28)26-11-9-23-21(10-12-31-23)22(26)17-30-20-5-3-2-4-6-20/h2-6,10,12,18-19,22,27H,7-9,11,13-17H2,1H3/t19-,22-/m0/s1. The van der Waals surface area contributed by atoms with Crippen LogP contribution < -0.4 is 4.74 Å². The van der Waals surface area contributed by atoms with Crippen molar-refractivity contribution >= 4 is 17.2 Å². The quantitative estimate of drug-likeness (QED) is 0.577. The minimum absolute atomic E-state index is 0.0885. The molecule has 2 aliphatic rings. The molecule has 0 bridgehead atoms. The molecule has 31 heavy (non-hydrogen) atoms. The number of rotatable bonds is 11. The summed E-state index contributed by atoms with van der Waals surface area (Å²) in [4.78, 5) is 18.8. The van der Waals surface area contributed by atoms with Crippen LogP contribution in [-0.2, 0) is 16.0 Å². The van der Waals surface area contributed by atoms with Crippen molar-refractivity contribution in [1.29, 1.82) is 0 Å². The number of nitrogens with zero attached hydrogens (tertiary/aromatic N) is 2. The summed E-state index contributed by atoms with van der Waals surface area (Å²) in [6.45, 7) is 3.05. The van der Waals surface area contributed by atoms with E-state index in [0.717, 1.165) is 18.7 Å². The van der Waals surface area contributed by atoms with Crippen molar-refractivity contribution in [1.82, 2.24) is 9.80 Å². The Morgan fingerprint density at radius 2 is 2.10 bits per heavy atom. The number of para-hydroxylation sites is 1. The van der Waals surface area contributed by atoms with E-state index in [-0.39, 0.29) is 18.6 Å². The molecule has 0 saturated heterocycles. The lowest BCUT2D eigenvalue weighted by Gasteiger charge is -2.37. The maximum absolute atomic E-state index is 13.4. The number of ether oxygens (including phenoxy) is 2. The maximum atomic E-state index is 13.4. The first-order valence-electron chi connectivity index (χ1n) is 11.1. The summed E-state index contributed by atoms with van der Waals surface area (Å²) in [6, 6.07) is 11.8. The number of methoxy groups -OCH3 is 1. The number of carbonyl (C=O) groups excluding carboxylic acids is 1. The molecule has 1 amide bonds. The Morgan fingerprint density at radius 3 is 2.84 bits per heavy atom. The predicted octanol–water partition coefficient (Wildman–Crippen LogP) is 2.97. The van der Waals surface area contributed by atoms with Crippen molar-refractivity contribution in [3.8, 4) is 5.75 Å². The molecule has 0 unspecified atom stereocenters. The minimum atomic E-state index is -0.585. The normalized spacial score (nSPS) is 19.3. The van der Waals surface area contributed by atoms with Crippen LogP contribution in [0.15, 0.2) is 41.8 Å². The fourth-order valence-corrected chi connectivity index (χ4v) is 5.19. The maximum Gasteiger partial charge on any atom is 0.237 e. The molecule has 2 aromatic rings. The first kappa shape index (κ1) is 22.3.